The number of carbonyl (C=O) groups is 1. The first kappa shape index (κ1) is 18.0. The molecular weight excluding hydrogens is 287 g/mol. The van der Waals surface area contributed by atoms with Crippen LogP contribution < -0.4 is 5.32 Å². The molecule has 1 heterocycles. The molecular formula is C13H24F3N3O2. The standard InChI is InChI=1S/C13H24F3N3O2/c1-10-7-18(5-6-19(10)9-13(14,15)16)11(20)17-8-12(2,3)21-4/h10H,5-9H2,1-4H3,(H,17,20)/t10-/m0/s1. The molecule has 0 aliphatic carbocycles. The number of methoxy groups -OCH3 is 1. The van der Waals surface area contributed by atoms with Crippen molar-refractivity contribution in [3.05, 3.63) is 0 Å². The number of amides is 2. The van der Waals surface area contributed by atoms with E-state index in [1.807, 2.05) is 13.8 Å². The van der Waals surface area contributed by atoms with E-state index in [0.717, 1.165) is 0 Å². The summed E-state index contributed by atoms with van der Waals surface area (Å²) in [5, 5.41) is 2.75. The minimum absolute atomic E-state index is 0.224. The van der Waals surface area contributed by atoms with Crippen molar-refractivity contribution in [2.24, 2.45) is 0 Å². The molecule has 1 aliphatic heterocycles. The van der Waals surface area contributed by atoms with Gasteiger partial charge in [-0.3, -0.25) is 4.90 Å². The average Bonchev–Trinajstić information content (AvgIpc) is 2.37. The molecule has 124 valence electrons. The van der Waals surface area contributed by atoms with Crippen LogP contribution in [0.15, 0.2) is 0 Å². The number of carbonyl (C=O) groups excluding carboxylic acids is 1. The number of hydrogen-bond acceptors (Lipinski definition) is 3. The molecule has 0 aromatic rings. The number of halogens is 3. The Kier molecular flexibility index (Phi) is 5.86. The SMILES string of the molecule is COC(C)(C)CNC(=O)N1CCN(CC(F)(F)F)[C@@H](C)C1. The molecule has 1 saturated heterocycles. The van der Waals surface area contributed by atoms with Crippen LogP contribution in [0.2, 0.25) is 0 Å². The first-order chi connectivity index (χ1) is 9.54. The van der Waals surface area contributed by atoms with Crippen molar-refractivity contribution in [1.29, 1.82) is 0 Å². The zero-order valence-electron chi connectivity index (χ0n) is 13.0. The molecule has 2 amide bonds. The maximum absolute atomic E-state index is 12.4. The molecule has 1 rings (SSSR count). The Morgan fingerprint density at radius 3 is 2.43 bits per heavy atom. The van der Waals surface area contributed by atoms with Gasteiger partial charge in [-0.05, 0) is 20.8 Å². The molecule has 1 aliphatic rings. The lowest BCUT2D eigenvalue weighted by Gasteiger charge is -2.40. The van der Waals surface area contributed by atoms with Crippen LogP contribution in [-0.4, -0.2) is 73.5 Å². The summed E-state index contributed by atoms with van der Waals surface area (Å²) in [6.07, 6.45) is -4.21. The van der Waals surface area contributed by atoms with E-state index < -0.39 is 18.3 Å². The molecule has 0 radical (unpaired) electrons. The van der Waals surface area contributed by atoms with Crippen molar-refractivity contribution < 1.29 is 22.7 Å². The van der Waals surface area contributed by atoms with Crippen molar-refractivity contribution in [1.82, 2.24) is 15.1 Å². The van der Waals surface area contributed by atoms with Gasteiger partial charge in [0.2, 0.25) is 0 Å². The third-order valence-corrected chi connectivity index (χ3v) is 3.65. The summed E-state index contributed by atoms with van der Waals surface area (Å²) in [5.41, 5.74) is -0.473. The third-order valence-electron chi connectivity index (χ3n) is 3.65. The minimum Gasteiger partial charge on any atom is -0.377 e. The van der Waals surface area contributed by atoms with Crippen molar-refractivity contribution >= 4 is 6.03 Å². The molecule has 21 heavy (non-hydrogen) atoms. The van der Waals surface area contributed by atoms with Gasteiger partial charge in [0.25, 0.3) is 0 Å². The monoisotopic (exact) mass is 311 g/mol. The molecule has 8 heteroatoms. The quantitative estimate of drug-likeness (QED) is 0.859. The maximum Gasteiger partial charge on any atom is 0.401 e. The van der Waals surface area contributed by atoms with Crippen molar-refractivity contribution in [3.8, 4) is 0 Å². The van der Waals surface area contributed by atoms with Crippen molar-refractivity contribution in [3.63, 3.8) is 0 Å². The Labute approximate surface area is 123 Å². The van der Waals surface area contributed by atoms with Gasteiger partial charge in [0.15, 0.2) is 0 Å². The Morgan fingerprint density at radius 2 is 1.95 bits per heavy atom. The Hall–Kier alpha value is -1.02. The first-order valence-corrected chi connectivity index (χ1v) is 6.93. The lowest BCUT2D eigenvalue weighted by molar-refractivity contribution is -0.153. The van der Waals surface area contributed by atoms with Gasteiger partial charge >= 0.3 is 12.2 Å². The molecule has 0 spiro atoms. The number of ether oxygens (including phenoxy) is 1. The van der Waals surface area contributed by atoms with Crippen LogP contribution in [0.25, 0.3) is 0 Å². The number of rotatable bonds is 4. The number of urea groups is 1. The number of nitrogens with one attached hydrogen (secondary N) is 1. The topological polar surface area (TPSA) is 44.8 Å². The summed E-state index contributed by atoms with van der Waals surface area (Å²) < 4.78 is 42.4. The molecule has 1 fully saturated rings. The normalized spacial score (nSPS) is 21.5. The largest absolute Gasteiger partial charge is 0.401 e. The zero-order valence-corrected chi connectivity index (χ0v) is 13.0. The molecule has 0 saturated carbocycles. The smallest absolute Gasteiger partial charge is 0.377 e. The van der Waals surface area contributed by atoms with Gasteiger partial charge in [-0.15, -0.1) is 0 Å². The van der Waals surface area contributed by atoms with Crippen LogP contribution in [0.3, 0.4) is 0 Å². The van der Waals surface area contributed by atoms with Gasteiger partial charge in [0.05, 0.1) is 12.1 Å². The van der Waals surface area contributed by atoms with Gasteiger partial charge < -0.3 is 15.0 Å². The first-order valence-electron chi connectivity index (χ1n) is 6.93. The number of piperazine rings is 1. The highest BCUT2D eigenvalue weighted by Gasteiger charge is 2.36. The zero-order chi connectivity index (χ0) is 16.3. The van der Waals surface area contributed by atoms with Gasteiger partial charge in [0.1, 0.15) is 0 Å². The predicted molar refractivity (Wildman–Crippen MR) is 73.1 cm³/mol. The van der Waals surface area contributed by atoms with Crippen LogP contribution in [-0.2, 0) is 4.74 Å². The van der Waals surface area contributed by atoms with E-state index >= 15 is 0 Å². The lowest BCUT2D eigenvalue weighted by Crippen LogP contribution is -2.58. The maximum atomic E-state index is 12.4. The average molecular weight is 311 g/mol. The highest BCUT2D eigenvalue weighted by molar-refractivity contribution is 5.74. The van der Waals surface area contributed by atoms with Crippen LogP contribution in [0.1, 0.15) is 20.8 Å². The van der Waals surface area contributed by atoms with Gasteiger partial charge in [0, 0.05) is 39.3 Å². The number of alkyl halides is 3. The van der Waals surface area contributed by atoms with Crippen LogP contribution in [0, 0.1) is 0 Å². The Balaban J connectivity index is 2.45. The van der Waals surface area contributed by atoms with E-state index in [1.165, 1.54) is 4.90 Å². The van der Waals surface area contributed by atoms with Gasteiger partial charge in [-0.25, -0.2) is 4.79 Å². The molecule has 0 bridgehead atoms. The molecule has 0 unspecified atom stereocenters. The van der Waals surface area contributed by atoms with Crippen LogP contribution in [0.5, 0.6) is 0 Å². The molecule has 1 atom stereocenters. The fourth-order valence-corrected chi connectivity index (χ4v) is 2.12. The highest BCUT2D eigenvalue weighted by Crippen LogP contribution is 2.20. The summed E-state index contributed by atoms with van der Waals surface area (Å²) in [7, 11) is 1.56. The van der Waals surface area contributed by atoms with E-state index in [1.54, 1.807) is 18.9 Å². The van der Waals surface area contributed by atoms with Gasteiger partial charge in [-0.2, -0.15) is 13.2 Å². The van der Waals surface area contributed by atoms with Crippen LogP contribution >= 0.6 is 0 Å². The minimum atomic E-state index is -4.21. The molecule has 0 aromatic carbocycles. The second kappa shape index (κ2) is 6.83. The highest BCUT2D eigenvalue weighted by atomic mass is 19.4. The molecule has 0 aromatic heterocycles. The summed E-state index contributed by atoms with van der Waals surface area (Å²) in [5.74, 6) is 0. The summed E-state index contributed by atoms with van der Waals surface area (Å²) in [4.78, 5) is 14.9. The Bertz CT molecular complexity index is 361. The summed E-state index contributed by atoms with van der Waals surface area (Å²) in [6.45, 7) is 5.61. The molecule has 5 nitrogen and oxygen atoms in total. The van der Waals surface area contributed by atoms with E-state index in [9.17, 15) is 18.0 Å². The molecule has 1 N–H and O–H groups in total. The van der Waals surface area contributed by atoms with Crippen LogP contribution in [0.4, 0.5) is 18.0 Å². The fraction of sp³-hybridized carbons (Fsp3) is 0.923. The second-order valence-electron chi connectivity index (χ2n) is 6.00. The summed E-state index contributed by atoms with van der Waals surface area (Å²) in [6, 6.07) is -0.583. The van der Waals surface area contributed by atoms with E-state index in [2.05, 4.69) is 5.32 Å². The fourth-order valence-electron chi connectivity index (χ4n) is 2.12. The van der Waals surface area contributed by atoms with E-state index in [4.69, 9.17) is 4.74 Å². The van der Waals surface area contributed by atoms with Crippen molar-refractivity contribution in [2.45, 2.75) is 38.6 Å². The number of nitrogens with zero attached hydrogens (tertiary/aromatic N) is 2. The van der Waals surface area contributed by atoms with Gasteiger partial charge in [-0.1, -0.05) is 0 Å². The van der Waals surface area contributed by atoms with Crippen molar-refractivity contribution in [2.75, 3.05) is 39.8 Å². The third kappa shape index (κ3) is 6.09. The summed E-state index contributed by atoms with van der Waals surface area (Å²) >= 11 is 0. The second-order valence-corrected chi connectivity index (χ2v) is 6.00. The Morgan fingerprint density at radius 1 is 1.33 bits per heavy atom. The number of hydrogen-bond donors (Lipinski definition) is 1. The predicted octanol–water partition coefficient (Wildman–Crippen LogP) is 1.69. The van der Waals surface area contributed by atoms with E-state index in [0.29, 0.717) is 13.1 Å². The van der Waals surface area contributed by atoms with E-state index in [-0.39, 0.29) is 25.2 Å². The lowest BCUT2D eigenvalue weighted by atomic mass is 10.1.